The molecule has 5 nitrogen and oxygen atoms in total. The van der Waals surface area contributed by atoms with Crippen molar-refractivity contribution in [1.29, 1.82) is 0 Å². The largest absolute Gasteiger partial charge is 0.378 e. The van der Waals surface area contributed by atoms with E-state index in [0.29, 0.717) is 12.1 Å². The number of carbonyl (C=O) groups excluding carboxylic acids is 1. The van der Waals surface area contributed by atoms with Crippen LogP contribution in [0.3, 0.4) is 0 Å². The molecule has 1 aromatic heterocycles. The first-order valence-corrected chi connectivity index (χ1v) is 11.7. The number of morpholine rings is 1. The fourth-order valence-electron chi connectivity index (χ4n) is 3.69. The molecule has 0 bridgehead atoms. The molecule has 1 amide bonds. The van der Waals surface area contributed by atoms with Crippen molar-refractivity contribution in [2.24, 2.45) is 0 Å². The summed E-state index contributed by atoms with van der Waals surface area (Å²) in [5.74, 6) is -0.0863. The van der Waals surface area contributed by atoms with E-state index >= 15 is 0 Å². The molecule has 1 saturated heterocycles. The van der Waals surface area contributed by atoms with Crippen LogP contribution in [-0.2, 0) is 11.3 Å². The van der Waals surface area contributed by atoms with Crippen molar-refractivity contribution in [3.05, 3.63) is 77.6 Å². The number of hydrogen-bond donors (Lipinski definition) is 1. The Morgan fingerprint density at radius 2 is 1.90 bits per heavy atom. The number of hydrogen-bond acceptors (Lipinski definition) is 5. The maximum atomic E-state index is 12.6. The van der Waals surface area contributed by atoms with Gasteiger partial charge in [0.05, 0.1) is 25.5 Å². The SMILES string of the molecule is CSc1cc(C(=O)NCc2cc(-c3cccc(N4CCOCC4)c3)ccn2)ccc1C. The Hall–Kier alpha value is -2.83. The van der Waals surface area contributed by atoms with E-state index < -0.39 is 0 Å². The minimum Gasteiger partial charge on any atom is -0.378 e. The molecular weight excluding hydrogens is 406 g/mol. The number of pyridine rings is 1. The molecule has 0 aliphatic carbocycles. The van der Waals surface area contributed by atoms with E-state index in [4.69, 9.17) is 4.74 Å². The number of rotatable bonds is 6. The number of amides is 1. The normalized spacial score (nSPS) is 13.8. The molecule has 0 atom stereocenters. The van der Waals surface area contributed by atoms with Crippen LogP contribution in [0.2, 0.25) is 0 Å². The van der Waals surface area contributed by atoms with Gasteiger partial charge in [0, 0.05) is 35.4 Å². The van der Waals surface area contributed by atoms with Gasteiger partial charge in [-0.2, -0.15) is 0 Å². The fraction of sp³-hybridized carbons (Fsp3) is 0.280. The van der Waals surface area contributed by atoms with Crippen molar-refractivity contribution < 1.29 is 9.53 Å². The number of aryl methyl sites for hydroxylation is 1. The average molecular weight is 434 g/mol. The fourth-order valence-corrected chi connectivity index (χ4v) is 4.33. The van der Waals surface area contributed by atoms with Crippen LogP contribution in [0.5, 0.6) is 0 Å². The minimum atomic E-state index is -0.0863. The van der Waals surface area contributed by atoms with E-state index in [2.05, 4.69) is 46.4 Å². The second-order valence-corrected chi connectivity index (χ2v) is 8.40. The van der Waals surface area contributed by atoms with Gasteiger partial charge in [-0.05, 0) is 66.3 Å². The summed E-state index contributed by atoms with van der Waals surface area (Å²) in [5.41, 5.74) is 6.12. The van der Waals surface area contributed by atoms with E-state index in [-0.39, 0.29) is 5.91 Å². The van der Waals surface area contributed by atoms with Gasteiger partial charge < -0.3 is 15.0 Å². The van der Waals surface area contributed by atoms with Crippen LogP contribution in [-0.4, -0.2) is 43.5 Å². The Bertz CT molecular complexity index is 1060. The van der Waals surface area contributed by atoms with Gasteiger partial charge in [-0.3, -0.25) is 9.78 Å². The molecule has 0 unspecified atom stereocenters. The first kappa shape index (κ1) is 21.4. The highest BCUT2D eigenvalue weighted by Gasteiger charge is 2.12. The molecule has 2 heterocycles. The molecule has 1 aliphatic rings. The van der Waals surface area contributed by atoms with Crippen LogP contribution >= 0.6 is 11.8 Å². The number of ether oxygens (including phenoxy) is 1. The van der Waals surface area contributed by atoms with Crippen molar-refractivity contribution >= 4 is 23.4 Å². The summed E-state index contributed by atoms with van der Waals surface area (Å²) in [6.07, 6.45) is 3.82. The van der Waals surface area contributed by atoms with E-state index in [9.17, 15) is 4.79 Å². The van der Waals surface area contributed by atoms with Crippen LogP contribution in [0, 0.1) is 6.92 Å². The Morgan fingerprint density at radius 1 is 1.10 bits per heavy atom. The quantitative estimate of drug-likeness (QED) is 0.578. The Labute approximate surface area is 187 Å². The summed E-state index contributed by atoms with van der Waals surface area (Å²) in [7, 11) is 0. The number of anilines is 1. The highest BCUT2D eigenvalue weighted by Crippen LogP contribution is 2.26. The van der Waals surface area contributed by atoms with Gasteiger partial charge in [0.1, 0.15) is 0 Å². The van der Waals surface area contributed by atoms with Gasteiger partial charge in [-0.25, -0.2) is 0 Å². The predicted octanol–water partition coefficient (Wildman–Crippen LogP) is 4.55. The van der Waals surface area contributed by atoms with Crippen molar-refractivity contribution in [3.63, 3.8) is 0 Å². The number of nitrogens with zero attached hydrogens (tertiary/aromatic N) is 2. The number of benzene rings is 2. The van der Waals surface area contributed by atoms with E-state index in [1.165, 1.54) is 11.3 Å². The molecule has 6 heteroatoms. The molecule has 4 rings (SSSR count). The molecule has 160 valence electrons. The first-order chi connectivity index (χ1) is 15.1. The Balaban J connectivity index is 1.46. The highest BCUT2D eigenvalue weighted by atomic mass is 32.2. The van der Waals surface area contributed by atoms with Gasteiger partial charge in [0.2, 0.25) is 0 Å². The second-order valence-electron chi connectivity index (χ2n) is 7.55. The maximum Gasteiger partial charge on any atom is 0.251 e. The maximum absolute atomic E-state index is 12.6. The van der Waals surface area contributed by atoms with Crippen LogP contribution in [0.1, 0.15) is 21.6 Å². The van der Waals surface area contributed by atoms with Gasteiger partial charge in [0.15, 0.2) is 0 Å². The lowest BCUT2D eigenvalue weighted by Gasteiger charge is -2.29. The summed E-state index contributed by atoms with van der Waals surface area (Å²) in [6, 6.07) is 18.4. The van der Waals surface area contributed by atoms with Gasteiger partial charge >= 0.3 is 0 Å². The molecule has 3 aromatic rings. The first-order valence-electron chi connectivity index (χ1n) is 10.4. The molecule has 0 radical (unpaired) electrons. The number of carbonyl (C=O) groups is 1. The molecule has 1 N–H and O–H groups in total. The van der Waals surface area contributed by atoms with Crippen LogP contribution in [0.4, 0.5) is 5.69 Å². The van der Waals surface area contributed by atoms with Crippen LogP contribution in [0.25, 0.3) is 11.1 Å². The lowest BCUT2D eigenvalue weighted by atomic mass is 10.0. The van der Waals surface area contributed by atoms with Gasteiger partial charge in [-0.15, -0.1) is 11.8 Å². The predicted molar refractivity (Wildman–Crippen MR) is 127 cm³/mol. The van der Waals surface area contributed by atoms with Crippen LogP contribution in [0.15, 0.2) is 65.7 Å². The third kappa shape index (κ3) is 5.27. The van der Waals surface area contributed by atoms with Gasteiger partial charge in [0.25, 0.3) is 5.91 Å². The lowest BCUT2D eigenvalue weighted by molar-refractivity contribution is 0.0950. The summed E-state index contributed by atoms with van der Waals surface area (Å²) in [4.78, 5) is 20.5. The van der Waals surface area contributed by atoms with Gasteiger partial charge in [-0.1, -0.05) is 18.2 Å². The summed E-state index contributed by atoms with van der Waals surface area (Å²) < 4.78 is 5.46. The Kier molecular flexibility index (Phi) is 6.89. The lowest BCUT2D eigenvalue weighted by Crippen LogP contribution is -2.36. The van der Waals surface area contributed by atoms with Crippen molar-refractivity contribution in [3.8, 4) is 11.1 Å². The summed E-state index contributed by atoms with van der Waals surface area (Å²) in [5, 5.41) is 2.99. The summed E-state index contributed by atoms with van der Waals surface area (Å²) >= 11 is 1.65. The molecule has 1 aliphatic heterocycles. The molecule has 0 spiro atoms. The van der Waals surface area contributed by atoms with Crippen molar-refractivity contribution in [2.75, 3.05) is 37.5 Å². The highest BCUT2D eigenvalue weighted by molar-refractivity contribution is 7.98. The van der Waals surface area contributed by atoms with E-state index in [0.717, 1.165) is 48.0 Å². The molecule has 2 aromatic carbocycles. The number of nitrogens with one attached hydrogen (secondary N) is 1. The zero-order valence-electron chi connectivity index (χ0n) is 17.9. The second kappa shape index (κ2) is 9.98. The smallest absolute Gasteiger partial charge is 0.251 e. The summed E-state index contributed by atoms with van der Waals surface area (Å²) in [6.45, 7) is 5.80. The van der Waals surface area contributed by atoms with E-state index in [1.807, 2.05) is 36.6 Å². The zero-order chi connectivity index (χ0) is 21.6. The third-order valence-corrected chi connectivity index (χ3v) is 6.35. The standard InChI is InChI=1S/C25H27N3O2S/c1-18-6-7-21(16-24(18)31-2)25(29)27-17-22-14-20(8-9-26-22)19-4-3-5-23(15-19)28-10-12-30-13-11-28/h3-9,14-16H,10-13,17H2,1-2H3,(H,27,29). The van der Waals surface area contributed by atoms with Crippen LogP contribution < -0.4 is 10.2 Å². The Morgan fingerprint density at radius 3 is 2.71 bits per heavy atom. The monoisotopic (exact) mass is 433 g/mol. The topological polar surface area (TPSA) is 54.5 Å². The molecule has 31 heavy (non-hydrogen) atoms. The van der Waals surface area contributed by atoms with Crippen molar-refractivity contribution in [1.82, 2.24) is 10.3 Å². The molecule has 0 saturated carbocycles. The minimum absolute atomic E-state index is 0.0863. The third-order valence-electron chi connectivity index (χ3n) is 5.47. The number of thioether (sulfide) groups is 1. The zero-order valence-corrected chi connectivity index (χ0v) is 18.7. The average Bonchev–Trinajstić information content (AvgIpc) is 2.83. The molecule has 1 fully saturated rings. The van der Waals surface area contributed by atoms with E-state index in [1.54, 1.807) is 18.0 Å². The molecular formula is C25H27N3O2S. The number of aromatic nitrogens is 1. The van der Waals surface area contributed by atoms with Crippen molar-refractivity contribution in [2.45, 2.75) is 18.4 Å².